The van der Waals surface area contributed by atoms with Crippen molar-refractivity contribution in [2.45, 2.75) is 19.5 Å². The van der Waals surface area contributed by atoms with Crippen LogP contribution in [-0.4, -0.2) is 28.5 Å². The Morgan fingerprint density at radius 3 is 2.61 bits per heavy atom. The zero-order valence-electron chi connectivity index (χ0n) is 26.1. The van der Waals surface area contributed by atoms with Crippen LogP contribution in [-0.2, 0) is 16.1 Å². The first-order valence-electron chi connectivity index (χ1n) is 15.6. The molecule has 0 radical (unpaired) electrons. The van der Waals surface area contributed by atoms with Crippen molar-refractivity contribution in [3.8, 4) is 11.5 Å². The number of nitrogens with zero attached hydrogens (tertiary/aromatic N) is 3. The van der Waals surface area contributed by atoms with Crippen molar-refractivity contribution >= 4 is 63.2 Å². The normalized spacial score (nSPS) is 15.4. The summed E-state index contributed by atoms with van der Waals surface area (Å²) in [6.45, 7) is 2.52. The van der Waals surface area contributed by atoms with Crippen LogP contribution in [0.3, 0.4) is 0 Å². The molecule has 0 amide bonds. The van der Waals surface area contributed by atoms with Crippen LogP contribution in [0.25, 0.3) is 22.7 Å². The van der Waals surface area contributed by atoms with Gasteiger partial charge in [-0.15, -0.1) is 0 Å². The van der Waals surface area contributed by atoms with Crippen LogP contribution < -0.4 is 24.4 Å². The molecule has 2 aliphatic rings. The number of rotatable bonds is 7. The van der Waals surface area contributed by atoms with Crippen molar-refractivity contribution in [3.05, 3.63) is 155 Å². The number of thiazole rings is 1. The van der Waals surface area contributed by atoms with E-state index in [4.69, 9.17) is 42.4 Å². The van der Waals surface area contributed by atoms with E-state index < -0.39 is 12.0 Å². The minimum Gasteiger partial charge on any atom is -0.463 e. The molecule has 244 valence electrons. The first-order chi connectivity index (χ1) is 23.9. The fourth-order valence-corrected chi connectivity index (χ4v) is 7.79. The number of ether oxygens (including phenoxy) is 3. The number of carbonyl (C=O) groups is 1. The highest BCUT2D eigenvalue weighted by Crippen LogP contribution is 2.40. The number of fused-ring (bicyclic) bond motifs is 3. The Kier molecular flexibility index (Phi) is 8.11. The topological polar surface area (TPSA) is 84.1 Å². The molecule has 11 heteroatoms. The third kappa shape index (κ3) is 5.63. The third-order valence-electron chi connectivity index (χ3n) is 8.55. The van der Waals surface area contributed by atoms with Gasteiger partial charge in [-0.2, -0.15) is 0 Å². The Morgan fingerprint density at radius 1 is 1.00 bits per heavy atom. The van der Waals surface area contributed by atoms with Crippen LogP contribution in [0.15, 0.2) is 113 Å². The predicted molar refractivity (Wildman–Crippen MR) is 191 cm³/mol. The molecular formula is C38H27Cl2N3O5S. The minimum atomic E-state index is -0.837. The minimum absolute atomic E-state index is 0.0925. The van der Waals surface area contributed by atoms with Crippen molar-refractivity contribution in [2.24, 2.45) is 4.99 Å². The molecular weight excluding hydrogens is 681 g/mol. The van der Waals surface area contributed by atoms with Crippen LogP contribution >= 0.6 is 34.5 Å². The van der Waals surface area contributed by atoms with Crippen LogP contribution in [0.4, 0.5) is 0 Å². The van der Waals surface area contributed by atoms with Crippen molar-refractivity contribution in [1.29, 1.82) is 0 Å². The van der Waals surface area contributed by atoms with Crippen LogP contribution in [0.2, 0.25) is 10.0 Å². The summed E-state index contributed by atoms with van der Waals surface area (Å²) in [6.07, 6.45) is 3.90. The molecule has 0 saturated carbocycles. The van der Waals surface area contributed by atoms with E-state index in [2.05, 4.69) is 4.57 Å². The van der Waals surface area contributed by atoms with Gasteiger partial charge in [-0.1, -0.05) is 95.2 Å². The summed E-state index contributed by atoms with van der Waals surface area (Å²) in [4.78, 5) is 33.8. The van der Waals surface area contributed by atoms with Gasteiger partial charge >= 0.3 is 5.97 Å². The standard InChI is InChI=1S/C38H27Cl2N3O5S/c1-2-46-37(45)33-34(22-8-4-3-5-9-22)41-38-43(35(33)23-13-15-30-31(16-23)48-21-47-30)36(44)32(49-38)17-25-20-42(29-11-7-6-10-27(25)29)19-24-12-14-26(39)18-28(24)40/h3-18,20,35H,2,19,21H2,1H3/b32-17+. The summed E-state index contributed by atoms with van der Waals surface area (Å²) in [5.41, 5.74) is 4.60. The third-order valence-corrected chi connectivity index (χ3v) is 10.1. The molecule has 1 unspecified atom stereocenters. The van der Waals surface area contributed by atoms with E-state index in [-0.39, 0.29) is 24.5 Å². The van der Waals surface area contributed by atoms with Gasteiger partial charge in [0.2, 0.25) is 6.79 Å². The predicted octanol–water partition coefficient (Wildman–Crippen LogP) is 6.97. The summed E-state index contributed by atoms with van der Waals surface area (Å²) < 4.78 is 21.0. The second-order valence-corrected chi connectivity index (χ2v) is 13.4. The Balaban J connectivity index is 1.34. The maximum atomic E-state index is 14.5. The molecule has 4 aromatic carbocycles. The number of benzene rings is 4. The average Bonchev–Trinajstić information content (AvgIpc) is 3.81. The van der Waals surface area contributed by atoms with E-state index in [1.54, 1.807) is 23.6 Å². The molecule has 2 aromatic heterocycles. The Morgan fingerprint density at radius 2 is 1.80 bits per heavy atom. The number of aromatic nitrogens is 2. The van der Waals surface area contributed by atoms with Gasteiger partial charge in [-0.25, -0.2) is 9.79 Å². The Bertz CT molecular complexity index is 2500. The lowest BCUT2D eigenvalue weighted by molar-refractivity contribution is -0.138. The molecule has 8 nitrogen and oxygen atoms in total. The van der Waals surface area contributed by atoms with Crippen LogP contribution in [0.1, 0.15) is 35.2 Å². The monoisotopic (exact) mass is 707 g/mol. The van der Waals surface area contributed by atoms with E-state index in [0.29, 0.717) is 48.7 Å². The molecule has 0 aliphatic carbocycles. The number of esters is 1. The second-order valence-electron chi connectivity index (χ2n) is 11.5. The molecule has 8 rings (SSSR count). The van der Waals surface area contributed by atoms with E-state index in [0.717, 1.165) is 27.6 Å². The fraction of sp³-hybridized carbons (Fsp3) is 0.132. The zero-order chi connectivity index (χ0) is 33.6. The van der Waals surface area contributed by atoms with Gasteiger partial charge in [-0.3, -0.25) is 9.36 Å². The largest absolute Gasteiger partial charge is 0.463 e. The van der Waals surface area contributed by atoms with Gasteiger partial charge in [0, 0.05) is 44.8 Å². The summed E-state index contributed by atoms with van der Waals surface area (Å²) in [5.74, 6) is 0.582. The zero-order valence-corrected chi connectivity index (χ0v) is 28.4. The van der Waals surface area contributed by atoms with E-state index in [1.807, 2.05) is 91.1 Å². The molecule has 1 atom stereocenters. The lowest BCUT2D eigenvalue weighted by Gasteiger charge is -2.26. The van der Waals surface area contributed by atoms with Gasteiger partial charge < -0.3 is 18.8 Å². The molecule has 0 spiro atoms. The van der Waals surface area contributed by atoms with Crippen molar-refractivity contribution in [1.82, 2.24) is 9.13 Å². The van der Waals surface area contributed by atoms with Gasteiger partial charge in [0.1, 0.15) is 0 Å². The van der Waals surface area contributed by atoms with Gasteiger partial charge in [0.15, 0.2) is 16.3 Å². The lowest BCUT2D eigenvalue weighted by atomic mass is 9.93. The summed E-state index contributed by atoms with van der Waals surface area (Å²) in [6, 6.07) is 27.6. The van der Waals surface area contributed by atoms with Gasteiger partial charge in [0.05, 0.1) is 28.5 Å². The summed E-state index contributed by atoms with van der Waals surface area (Å²) in [5, 5.41) is 2.13. The summed E-state index contributed by atoms with van der Waals surface area (Å²) >= 11 is 14.0. The van der Waals surface area contributed by atoms with Crippen molar-refractivity contribution < 1.29 is 19.0 Å². The fourth-order valence-electron chi connectivity index (χ4n) is 6.33. The molecule has 0 bridgehead atoms. The maximum absolute atomic E-state index is 14.5. The van der Waals surface area contributed by atoms with Crippen LogP contribution in [0.5, 0.6) is 11.5 Å². The quantitative estimate of drug-likeness (QED) is 0.167. The number of para-hydroxylation sites is 1. The van der Waals surface area contributed by atoms with E-state index >= 15 is 0 Å². The highest BCUT2D eigenvalue weighted by atomic mass is 35.5. The van der Waals surface area contributed by atoms with Crippen molar-refractivity contribution in [2.75, 3.05) is 13.4 Å². The van der Waals surface area contributed by atoms with Gasteiger partial charge in [0.25, 0.3) is 5.56 Å². The Hall–Kier alpha value is -5.09. The van der Waals surface area contributed by atoms with Crippen molar-refractivity contribution in [3.63, 3.8) is 0 Å². The van der Waals surface area contributed by atoms with E-state index in [1.165, 1.54) is 11.3 Å². The molecule has 2 aliphatic heterocycles. The smallest absolute Gasteiger partial charge is 0.338 e. The number of carbonyl (C=O) groups excluding carboxylic acids is 1. The molecule has 6 aromatic rings. The molecule has 49 heavy (non-hydrogen) atoms. The number of halogens is 2. The summed E-state index contributed by atoms with van der Waals surface area (Å²) in [7, 11) is 0. The van der Waals surface area contributed by atoms with Gasteiger partial charge in [-0.05, 0) is 54.5 Å². The molecule has 0 N–H and O–H groups in total. The van der Waals surface area contributed by atoms with E-state index in [9.17, 15) is 9.59 Å². The lowest BCUT2D eigenvalue weighted by Crippen LogP contribution is -2.40. The maximum Gasteiger partial charge on any atom is 0.338 e. The second kappa shape index (κ2) is 12.7. The first-order valence-corrected chi connectivity index (χ1v) is 17.2. The number of hydrogen-bond acceptors (Lipinski definition) is 7. The average molecular weight is 709 g/mol. The van der Waals surface area contributed by atoms with Crippen LogP contribution in [0, 0.1) is 0 Å². The highest BCUT2D eigenvalue weighted by molar-refractivity contribution is 7.07. The highest BCUT2D eigenvalue weighted by Gasteiger charge is 2.36. The SMILES string of the molecule is CCOC(=O)C1=C(c2ccccc2)N=c2s/c(=C/c3cn(Cc4ccc(Cl)cc4Cl)c4ccccc34)c(=O)n2C1c1ccc2c(c1)OCO2. The molecule has 0 fully saturated rings. The Labute approximate surface area is 294 Å². The molecule has 4 heterocycles. The molecule has 0 saturated heterocycles. The first kappa shape index (κ1) is 31.2. The number of hydrogen-bond donors (Lipinski definition) is 0.